The third-order valence-electron chi connectivity index (χ3n) is 1.13. The molecule has 0 saturated carbocycles. The highest BCUT2D eigenvalue weighted by Crippen LogP contribution is 1.84. The molecule has 0 bridgehead atoms. The Bertz CT molecular complexity index is 166. The summed E-state index contributed by atoms with van der Waals surface area (Å²) >= 11 is 0. The maximum Gasteiger partial charge on any atom is 0.0413 e. The first-order chi connectivity index (χ1) is 5.31. The number of rotatable bonds is 5. The van der Waals surface area contributed by atoms with Crippen molar-refractivity contribution < 1.29 is 0 Å². The molecule has 1 atom stereocenters. The summed E-state index contributed by atoms with van der Waals surface area (Å²) in [6, 6.07) is 0.337. The van der Waals surface area contributed by atoms with Crippen LogP contribution in [0.1, 0.15) is 6.92 Å². The van der Waals surface area contributed by atoms with Crippen LogP contribution in [0.4, 0.5) is 0 Å². The Hall–Kier alpha value is -1.24. The largest absolute Gasteiger partial charge is 0.385 e. The molecule has 0 unspecified atom stereocenters. The molecular formula is C10H15N. The van der Waals surface area contributed by atoms with Crippen LogP contribution in [-0.2, 0) is 0 Å². The van der Waals surface area contributed by atoms with E-state index in [0.29, 0.717) is 6.04 Å². The summed E-state index contributed by atoms with van der Waals surface area (Å²) in [6.07, 6.45) is 11.2. The van der Waals surface area contributed by atoms with Gasteiger partial charge in [-0.1, -0.05) is 37.5 Å². The molecule has 0 aromatic rings. The Labute approximate surface area is 68.8 Å². The second kappa shape index (κ2) is 6.87. The first-order valence-electron chi connectivity index (χ1n) is 3.64. The Morgan fingerprint density at radius 2 is 1.82 bits per heavy atom. The van der Waals surface area contributed by atoms with E-state index in [4.69, 9.17) is 0 Å². The maximum atomic E-state index is 3.58. The summed E-state index contributed by atoms with van der Waals surface area (Å²) in [5.41, 5.74) is 0. The fraction of sp³-hybridized carbons (Fsp3) is 0.200. The normalized spacial score (nSPS) is 13.5. The monoisotopic (exact) mass is 149 g/mol. The zero-order valence-electron chi connectivity index (χ0n) is 6.96. The second-order valence-corrected chi connectivity index (χ2v) is 2.17. The van der Waals surface area contributed by atoms with Crippen molar-refractivity contribution >= 4 is 0 Å². The van der Waals surface area contributed by atoms with Crippen molar-refractivity contribution in [2.45, 2.75) is 13.0 Å². The summed E-state index contributed by atoms with van der Waals surface area (Å²) < 4.78 is 0. The molecule has 1 N–H and O–H groups in total. The van der Waals surface area contributed by atoms with Crippen LogP contribution in [0.5, 0.6) is 0 Å². The van der Waals surface area contributed by atoms with Gasteiger partial charge in [0.2, 0.25) is 0 Å². The van der Waals surface area contributed by atoms with E-state index in [0.717, 1.165) is 0 Å². The standard InChI is InChI=1S/C10H15N/c1-4-6-8-10(3)11-9-7-5-2/h4-11H,1-2H2,3H3/b8-6-,9-7-/t10-/m0/s1. The minimum absolute atomic E-state index is 0.337. The molecule has 0 saturated heterocycles. The topological polar surface area (TPSA) is 12.0 Å². The summed E-state index contributed by atoms with van der Waals surface area (Å²) in [6.45, 7) is 9.20. The SMILES string of the molecule is C=C/C=C\N[C@@H](C)/C=C\C=C. The van der Waals surface area contributed by atoms with E-state index in [2.05, 4.69) is 25.4 Å². The van der Waals surface area contributed by atoms with E-state index in [1.54, 1.807) is 12.2 Å². The quantitative estimate of drug-likeness (QED) is 0.592. The zero-order valence-corrected chi connectivity index (χ0v) is 6.96. The average Bonchev–Trinajstić information content (AvgIpc) is 2.01. The molecule has 0 rings (SSSR count). The van der Waals surface area contributed by atoms with E-state index < -0.39 is 0 Å². The van der Waals surface area contributed by atoms with Crippen LogP contribution >= 0.6 is 0 Å². The van der Waals surface area contributed by atoms with Gasteiger partial charge in [0.05, 0.1) is 0 Å². The van der Waals surface area contributed by atoms with Crippen LogP contribution in [0.15, 0.2) is 49.7 Å². The Morgan fingerprint density at radius 3 is 2.36 bits per heavy atom. The number of allylic oxidation sites excluding steroid dienone is 4. The van der Waals surface area contributed by atoms with Crippen molar-refractivity contribution in [3.8, 4) is 0 Å². The van der Waals surface area contributed by atoms with Crippen molar-refractivity contribution in [2.24, 2.45) is 0 Å². The summed E-state index contributed by atoms with van der Waals surface area (Å²) in [5.74, 6) is 0. The van der Waals surface area contributed by atoms with Gasteiger partial charge in [0, 0.05) is 6.04 Å². The van der Waals surface area contributed by atoms with Crippen LogP contribution in [0.25, 0.3) is 0 Å². The average molecular weight is 149 g/mol. The zero-order chi connectivity index (χ0) is 8.53. The molecule has 0 radical (unpaired) electrons. The Kier molecular flexibility index (Phi) is 6.10. The van der Waals surface area contributed by atoms with Gasteiger partial charge in [-0.25, -0.2) is 0 Å². The van der Waals surface area contributed by atoms with E-state index in [-0.39, 0.29) is 0 Å². The van der Waals surface area contributed by atoms with Crippen molar-refractivity contribution in [3.05, 3.63) is 49.7 Å². The molecule has 0 aliphatic heterocycles. The first kappa shape index (κ1) is 9.76. The van der Waals surface area contributed by atoms with Gasteiger partial charge in [-0.05, 0) is 19.2 Å². The van der Waals surface area contributed by atoms with E-state index in [9.17, 15) is 0 Å². The molecule has 1 heteroatoms. The van der Waals surface area contributed by atoms with Crippen LogP contribution in [0.3, 0.4) is 0 Å². The van der Waals surface area contributed by atoms with Crippen molar-refractivity contribution in [3.63, 3.8) is 0 Å². The van der Waals surface area contributed by atoms with Gasteiger partial charge in [0.15, 0.2) is 0 Å². The van der Waals surface area contributed by atoms with Crippen LogP contribution in [0, 0.1) is 0 Å². The van der Waals surface area contributed by atoms with Crippen LogP contribution in [-0.4, -0.2) is 6.04 Å². The van der Waals surface area contributed by atoms with Gasteiger partial charge in [-0.2, -0.15) is 0 Å². The highest BCUT2D eigenvalue weighted by molar-refractivity contribution is 5.04. The Balaban J connectivity index is 3.59. The number of hydrogen-bond donors (Lipinski definition) is 1. The smallest absolute Gasteiger partial charge is 0.0413 e. The molecule has 0 aliphatic rings. The number of nitrogens with one attached hydrogen (secondary N) is 1. The third kappa shape index (κ3) is 6.65. The van der Waals surface area contributed by atoms with E-state index in [1.165, 1.54) is 0 Å². The molecule has 0 heterocycles. The fourth-order valence-electron chi connectivity index (χ4n) is 0.576. The predicted octanol–water partition coefficient (Wildman–Crippen LogP) is 2.41. The highest BCUT2D eigenvalue weighted by atomic mass is 14.9. The van der Waals surface area contributed by atoms with Gasteiger partial charge in [0.1, 0.15) is 0 Å². The molecule has 0 aliphatic carbocycles. The van der Waals surface area contributed by atoms with Crippen LogP contribution < -0.4 is 5.32 Å². The lowest BCUT2D eigenvalue weighted by Crippen LogP contribution is -2.16. The van der Waals surface area contributed by atoms with Crippen molar-refractivity contribution in [2.75, 3.05) is 0 Å². The third-order valence-corrected chi connectivity index (χ3v) is 1.13. The molecule has 0 fully saturated rings. The lowest BCUT2D eigenvalue weighted by atomic mass is 10.3. The van der Waals surface area contributed by atoms with Gasteiger partial charge >= 0.3 is 0 Å². The highest BCUT2D eigenvalue weighted by Gasteiger charge is 1.86. The van der Waals surface area contributed by atoms with E-state index >= 15 is 0 Å². The molecule has 1 nitrogen and oxygen atoms in total. The molecule has 0 spiro atoms. The summed E-state index contributed by atoms with van der Waals surface area (Å²) in [4.78, 5) is 0. The summed E-state index contributed by atoms with van der Waals surface area (Å²) in [7, 11) is 0. The van der Waals surface area contributed by atoms with Gasteiger partial charge in [0.25, 0.3) is 0 Å². The fourth-order valence-corrected chi connectivity index (χ4v) is 0.576. The van der Waals surface area contributed by atoms with E-state index in [1.807, 2.05) is 24.4 Å². The molecule has 0 aromatic carbocycles. The lowest BCUT2D eigenvalue weighted by Gasteiger charge is -2.03. The molecular weight excluding hydrogens is 134 g/mol. The van der Waals surface area contributed by atoms with Gasteiger partial charge < -0.3 is 5.32 Å². The number of hydrogen-bond acceptors (Lipinski definition) is 1. The predicted molar refractivity (Wildman–Crippen MR) is 51.3 cm³/mol. The van der Waals surface area contributed by atoms with Gasteiger partial charge in [-0.3, -0.25) is 0 Å². The van der Waals surface area contributed by atoms with Crippen LogP contribution in [0.2, 0.25) is 0 Å². The molecule has 11 heavy (non-hydrogen) atoms. The first-order valence-corrected chi connectivity index (χ1v) is 3.64. The second-order valence-electron chi connectivity index (χ2n) is 2.17. The van der Waals surface area contributed by atoms with Gasteiger partial charge in [-0.15, -0.1) is 0 Å². The van der Waals surface area contributed by atoms with Crippen molar-refractivity contribution in [1.29, 1.82) is 0 Å². The molecule has 60 valence electrons. The molecule has 0 amide bonds. The minimum atomic E-state index is 0.337. The maximum absolute atomic E-state index is 3.58. The molecule has 0 aromatic heterocycles. The summed E-state index contributed by atoms with van der Waals surface area (Å²) in [5, 5.41) is 3.13. The van der Waals surface area contributed by atoms with Crippen molar-refractivity contribution in [1.82, 2.24) is 5.32 Å². The lowest BCUT2D eigenvalue weighted by molar-refractivity contribution is 0.770. The minimum Gasteiger partial charge on any atom is -0.385 e. The Morgan fingerprint density at radius 1 is 1.18 bits per heavy atom.